The lowest BCUT2D eigenvalue weighted by Crippen LogP contribution is -1.76. The van der Waals surface area contributed by atoms with E-state index in [0.29, 0.717) is 11.1 Å². The molecule has 0 aliphatic rings. The van der Waals surface area contributed by atoms with E-state index in [0.717, 1.165) is 22.6 Å². The summed E-state index contributed by atoms with van der Waals surface area (Å²) in [5, 5.41) is 1.96. The van der Waals surface area contributed by atoms with Crippen LogP contribution in [0.4, 0.5) is 0 Å². The topological polar surface area (TPSA) is 30.2 Å². The number of benzene rings is 2. The SMILES string of the molecule is O=Cc1c[c]c2c(c1)oc1ccccc12. The highest BCUT2D eigenvalue weighted by Crippen LogP contribution is 2.28. The molecule has 1 aromatic heterocycles. The van der Waals surface area contributed by atoms with E-state index < -0.39 is 0 Å². The number of carbonyl (C=O) groups excluding carboxylic acids is 1. The zero-order valence-electron chi connectivity index (χ0n) is 7.86. The first kappa shape index (κ1) is 8.24. The fraction of sp³-hybridized carbons (Fsp3) is 0. The van der Waals surface area contributed by atoms with Crippen LogP contribution >= 0.6 is 0 Å². The molecule has 2 nitrogen and oxygen atoms in total. The lowest BCUT2D eigenvalue weighted by Gasteiger charge is -1.89. The van der Waals surface area contributed by atoms with Gasteiger partial charge in [0.25, 0.3) is 0 Å². The predicted octanol–water partition coefficient (Wildman–Crippen LogP) is 3.20. The van der Waals surface area contributed by atoms with Crippen molar-refractivity contribution in [3.05, 3.63) is 48.0 Å². The molecule has 0 atom stereocenters. The summed E-state index contributed by atoms with van der Waals surface area (Å²) in [4.78, 5) is 10.6. The molecule has 0 saturated heterocycles. The molecule has 0 N–H and O–H groups in total. The Morgan fingerprint density at radius 1 is 1.20 bits per heavy atom. The number of rotatable bonds is 1. The van der Waals surface area contributed by atoms with Crippen LogP contribution in [-0.4, -0.2) is 6.29 Å². The van der Waals surface area contributed by atoms with Gasteiger partial charge in [0.1, 0.15) is 17.5 Å². The van der Waals surface area contributed by atoms with Gasteiger partial charge in [0.2, 0.25) is 0 Å². The van der Waals surface area contributed by atoms with Crippen molar-refractivity contribution < 1.29 is 9.21 Å². The third-order valence-electron chi connectivity index (χ3n) is 2.44. The van der Waals surface area contributed by atoms with E-state index in [9.17, 15) is 4.79 Å². The quantitative estimate of drug-likeness (QED) is 0.558. The van der Waals surface area contributed by atoms with Crippen LogP contribution in [0.5, 0.6) is 0 Å². The first-order chi connectivity index (χ1) is 7.38. The smallest absolute Gasteiger partial charge is 0.150 e. The van der Waals surface area contributed by atoms with Gasteiger partial charge >= 0.3 is 0 Å². The van der Waals surface area contributed by atoms with E-state index in [1.54, 1.807) is 12.1 Å². The minimum Gasteiger partial charge on any atom is -0.456 e. The Labute approximate surface area is 86.1 Å². The number of para-hydroxylation sites is 1. The molecule has 0 spiro atoms. The standard InChI is InChI=1S/C13H7O2/c14-8-9-5-6-11-10-3-1-2-4-12(10)15-13(11)7-9/h1-5,7-8H. The molecular formula is C13H7O2. The maximum atomic E-state index is 10.6. The maximum Gasteiger partial charge on any atom is 0.150 e. The van der Waals surface area contributed by atoms with Crippen LogP contribution in [0.1, 0.15) is 10.4 Å². The van der Waals surface area contributed by atoms with E-state index in [1.807, 2.05) is 24.3 Å². The van der Waals surface area contributed by atoms with Crippen molar-refractivity contribution in [2.24, 2.45) is 0 Å². The van der Waals surface area contributed by atoms with Gasteiger partial charge in [-0.1, -0.05) is 18.2 Å². The zero-order chi connectivity index (χ0) is 10.3. The summed E-state index contributed by atoms with van der Waals surface area (Å²) in [5.41, 5.74) is 2.12. The third-order valence-corrected chi connectivity index (χ3v) is 2.44. The molecule has 0 saturated carbocycles. The lowest BCUT2D eigenvalue weighted by molar-refractivity contribution is 0.112. The van der Waals surface area contributed by atoms with Gasteiger partial charge in [-0.3, -0.25) is 4.79 Å². The Balaban J connectivity index is 2.48. The van der Waals surface area contributed by atoms with Crippen molar-refractivity contribution in [2.75, 3.05) is 0 Å². The average Bonchev–Trinajstić information content (AvgIpc) is 2.66. The summed E-state index contributed by atoms with van der Waals surface area (Å²) in [7, 11) is 0. The van der Waals surface area contributed by atoms with Gasteiger partial charge in [0.15, 0.2) is 0 Å². The Kier molecular flexibility index (Phi) is 1.62. The van der Waals surface area contributed by atoms with Crippen LogP contribution < -0.4 is 0 Å². The van der Waals surface area contributed by atoms with Crippen molar-refractivity contribution in [3.63, 3.8) is 0 Å². The lowest BCUT2D eigenvalue weighted by atomic mass is 10.1. The fourth-order valence-corrected chi connectivity index (χ4v) is 1.73. The van der Waals surface area contributed by atoms with Crippen LogP contribution in [-0.2, 0) is 0 Å². The Bertz CT molecular complexity index is 650. The number of furan rings is 1. The van der Waals surface area contributed by atoms with Crippen molar-refractivity contribution in [1.82, 2.24) is 0 Å². The summed E-state index contributed by atoms with van der Waals surface area (Å²) in [6.07, 6.45) is 0.795. The summed E-state index contributed by atoms with van der Waals surface area (Å²) in [6, 6.07) is 14.3. The van der Waals surface area contributed by atoms with Crippen LogP contribution in [0.15, 0.2) is 40.8 Å². The zero-order valence-corrected chi connectivity index (χ0v) is 7.86. The normalized spacial score (nSPS) is 10.9. The molecule has 2 heteroatoms. The molecule has 0 aliphatic carbocycles. The molecular weight excluding hydrogens is 188 g/mol. The van der Waals surface area contributed by atoms with Crippen molar-refractivity contribution in [2.45, 2.75) is 0 Å². The molecule has 71 valence electrons. The van der Waals surface area contributed by atoms with Gasteiger partial charge in [-0.15, -0.1) is 0 Å². The monoisotopic (exact) mass is 195 g/mol. The third kappa shape index (κ3) is 1.15. The van der Waals surface area contributed by atoms with Gasteiger partial charge in [-0.2, -0.15) is 0 Å². The Hall–Kier alpha value is -2.09. The van der Waals surface area contributed by atoms with Gasteiger partial charge in [-0.25, -0.2) is 0 Å². The molecule has 0 bridgehead atoms. The number of carbonyl (C=O) groups is 1. The summed E-state index contributed by atoms with van der Waals surface area (Å²) in [6.45, 7) is 0. The second-order valence-electron chi connectivity index (χ2n) is 3.39. The minimum absolute atomic E-state index is 0.585. The summed E-state index contributed by atoms with van der Waals surface area (Å²) < 4.78 is 5.60. The highest BCUT2D eigenvalue weighted by atomic mass is 16.3. The molecule has 0 fully saturated rings. The first-order valence-electron chi connectivity index (χ1n) is 4.66. The molecule has 3 aromatic rings. The first-order valence-corrected chi connectivity index (χ1v) is 4.66. The van der Waals surface area contributed by atoms with Crippen LogP contribution in [0.25, 0.3) is 21.9 Å². The van der Waals surface area contributed by atoms with E-state index in [2.05, 4.69) is 6.07 Å². The van der Waals surface area contributed by atoms with Crippen molar-refractivity contribution >= 4 is 28.2 Å². The molecule has 0 unspecified atom stereocenters. The Morgan fingerprint density at radius 3 is 2.93 bits per heavy atom. The second kappa shape index (κ2) is 2.95. The number of hydrogen-bond donors (Lipinski definition) is 0. The summed E-state index contributed by atoms with van der Waals surface area (Å²) >= 11 is 0. The van der Waals surface area contributed by atoms with E-state index >= 15 is 0 Å². The molecule has 2 aromatic carbocycles. The highest BCUT2D eigenvalue weighted by molar-refractivity contribution is 6.05. The highest BCUT2D eigenvalue weighted by Gasteiger charge is 2.06. The average molecular weight is 195 g/mol. The Morgan fingerprint density at radius 2 is 2.07 bits per heavy atom. The molecule has 0 aliphatic heterocycles. The second-order valence-corrected chi connectivity index (χ2v) is 3.39. The van der Waals surface area contributed by atoms with Crippen molar-refractivity contribution in [3.8, 4) is 0 Å². The minimum atomic E-state index is 0.585. The molecule has 3 rings (SSSR count). The molecule has 15 heavy (non-hydrogen) atoms. The fourth-order valence-electron chi connectivity index (χ4n) is 1.73. The molecule has 0 amide bonds. The van der Waals surface area contributed by atoms with Gasteiger partial charge in [0, 0.05) is 16.3 Å². The van der Waals surface area contributed by atoms with Gasteiger partial charge in [0.05, 0.1) is 0 Å². The van der Waals surface area contributed by atoms with E-state index in [-0.39, 0.29) is 0 Å². The predicted molar refractivity (Wildman–Crippen MR) is 57.9 cm³/mol. The maximum absolute atomic E-state index is 10.6. The number of fused-ring (bicyclic) bond motifs is 3. The van der Waals surface area contributed by atoms with E-state index in [4.69, 9.17) is 4.42 Å². The van der Waals surface area contributed by atoms with Crippen LogP contribution in [0.3, 0.4) is 0 Å². The molecule has 1 heterocycles. The van der Waals surface area contributed by atoms with Crippen molar-refractivity contribution in [1.29, 1.82) is 0 Å². The number of aldehydes is 1. The number of hydrogen-bond acceptors (Lipinski definition) is 2. The molecule has 1 radical (unpaired) electrons. The van der Waals surface area contributed by atoms with Gasteiger partial charge in [-0.05, 0) is 24.3 Å². The summed E-state index contributed by atoms with van der Waals surface area (Å²) in [5.74, 6) is 0. The van der Waals surface area contributed by atoms with Crippen LogP contribution in [0, 0.1) is 6.07 Å². The van der Waals surface area contributed by atoms with Gasteiger partial charge < -0.3 is 4.42 Å². The van der Waals surface area contributed by atoms with Crippen LogP contribution in [0.2, 0.25) is 0 Å². The largest absolute Gasteiger partial charge is 0.456 e. The van der Waals surface area contributed by atoms with E-state index in [1.165, 1.54) is 0 Å².